The maximum absolute atomic E-state index is 12.7. The quantitative estimate of drug-likeness (QED) is 0.566. The average molecular weight is 390 g/mol. The summed E-state index contributed by atoms with van der Waals surface area (Å²) in [5.41, 5.74) is 4.38. The molecule has 6 nitrogen and oxygen atoms in total. The standard InChI is InChI=1S/C23H26N4O2/c1-4-16-8-7-9-17(5-2)21(16)27-22(28)18-14-24-23(25-15-18)26-19-10-12-20(13-11-19)29-6-3/h7-15H,4-6H2,1-3H3,(H,27,28)(H,24,25,26). The Labute approximate surface area is 171 Å². The van der Waals surface area contributed by atoms with Gasteiger partial charge in [0.25, 0.3) is 5.91 Å². The van der Waals surface area contributed by atoms with Crippen molar-refractivity contribution in [3.63, 3.8) is 0 Å². The Morgan fingerprint density at radius 3 is 2.10 bits per heavy atom. The number of rotatable bonds is 8. The van der Waals surface area contributed by atoms with Crippen LogP contribution in [-0.4, -0.2) is 22.5 Å². The third kappa shape index (κ3) is 5.10. The fourth-order valence-electron chi connectivity index (χ4n) is 3.03. The molecule has 0 aliphatic carbocycles. The largest absolute Gasteiger partial charge is 0.494 e. The molecule has 150 valence electrons. The highest BCUT2D eigenvalue weighted by Crippen LogP contribution is 2.23. The number of amides is 1. The number of anilines is 3. The van der Waals surface area contributed by atoms with Gasteiger partial charge < -0.3 is 15.4 Å². The maximum Gasteiger partial charge on any atom is 0.258 e. The monoisotopic (exact) mass is 390 g/mol. The van der Waals surface area contributed by atoms with Crippen molar-refractivity contribution < 1.29 is 9.53 Å². The smallest absolute Gasteiger partial charge is 0.258 e. The Morgan fingerprint density at radius 2 is 1.55 bits per heavy atom. The lowest BCUT2D eigenvalue weighted by Gasteiger charge is -2.14. The summed E-state index contributed by atoms with van der Waals surface area (Å²) in [4.78, 5) is 21.2. The van der Waals surface area contributed by atoms with Gasteiger partial charge in [0.2, 0.25) is 5.95 Å². The number of hydrogen-bond donors (Lipinski definition) is 2. The van der Waals surface area contributed by atoms with Gasteiger partial charge in [-0.05, 0) is 55.2 Å². The number of ether oxygens (including phenoxy) is 1. The number of carbonyl (C=O) groups excluding carboxylic acids is 1. The summed E-state index contributed by atoms with van der Waals surface area (Å²) in [6.07, 6.45) is 4.76. The van der Waals surface area contributed by atoms with Crippen molar-refractivity contribution in [2.75, 3.05) is 17.2 Å². The fraction of sp³-hybridized carbons (Fsp3) is 0.261. The van der Waals surface area contributed by atoms with Crippen molar-refractivity contribution in [2.45, 2.75) is 33.6 Å². The second-order valence-corrected chi connectivity index (χ2v) is 6.49. The van der Waals surface area contributed by atoms with Crippen LogP contribution in [0, 0.1) is 0 Å². The first-order valence-electron chi connectivity index (χ1n) is 9.88. The Morgan fingerprint density at radius 1 is 0.931 bits per heavy atom. The highest BCUT2D eigenvalue weighted by atomic mass is 16.5. The molecule has 3 aromatic rings. The first-order valence-corrected chi connectivity index (χ1v) is 9.88. The van der Waals surface area contributed by atoms with Crippen molar-refractivity contribution >= 4 is 23.2 Å². The number of aromatic nitrogens is 2. The number of aryl methyl sites for hydroxylation is 2. The van der Waals surface area contributed by atoms with E-state index in [1.165, 1.54) is 12.4 Å². The zero-order chi connectivity index (χ0) is 20.6. The minimum absolute atomic E-state index is 0.215. The van der Waals surface area contributed by atoms with Gasteiger partial charge in [0.05, 0.1) is 12.2 Å². The molecule has 0 aliphatic heterocycles. The van der Waals surface area contributed by atoms with Crippen molar-refractivity contribution in [1.29, 1.82) is 0 Å². The van der Waals surface area contributed by atoms with Gasteiger partial charge in [-0.1, -0.05) is 32.0 Å². The van der Waals surface area contributed by atoms with E-state index in [2.05, 4.69) is 34.4 Å². The summed E-state index contributed by atoms with van der Waals surface area (Å²) < 4.78 is 5.43. The predicted octanol–water partition coefficient (Wildman–Crippen LogP) is 5.00. The molecule has 0 saturated carbocycles. The SMILES string of the molecule is CCOc1ccc(Nc2ncc(C(=O)Nc3c(CC)cccc3CC)cn2)cc1. The maximum atomic E-state index is 12.7. The van der Waals surface area contributed by atoms with E-state index in [9.17, 15) is 4.79 Å². The van der Waals surface area contributed by atoms with Crippen molar-refractivity contribution in [3.8, 4) is 5.75 Å². The molecular weight excluding hydrogens is 364 g/mol. The summed E-state index contributed by atoms with van der Waals surface area (Å²) in [5.74, 6) is 1.02. The van der Waals surface area contributed by atoms with Gasteiger partial charge in [0, 0.05) is 23.8 Å². The Hall–Kier alpha value is -3.41. The van der Waals surface area contributed by atoms with Gasteiger partial charge >= 0.3 is 0 Å². The lowest BCUT2D eigenvalue weighted by Crippen LogP contribution is -2.15. The molecule has 1 heterocycles. The number of nitrogens with one attached hydrogen (secondary N) is 2. The third-order valence-corrected chi connectivity index (χ3v) is 4.57. The minimum Gasteiger partial charge on any atom is -0.494 e. The number of nitrogens with zero attached hydrogens (tertiary/aromatic N) is 2. The van der Waals surface area contributed by atoms with Crippen LogP contribution in [0.25, 0.3) is 0 Å². The van der Waals surface area contributed by atoms with E-state index in [0.29, 0.717) is 18.1 Å². The highest BCUT2D eigenvalue weighted by molar-refractivity contribution is 6.04. The zero-order valence-corrected chi connectivity index (χ0v) is 17.0. The van der Waals surface area contributed by atoms with Gasteiger partial charge in [0.15, 0.2) is 0 Å². The van der Waals surface area contributed by atoms with Gasteiger partial charge in [0.1, 0.15) is 5.75 Å². The van der Waals surface area contributed by atoms with E-state index in [1.807, 2.05) is 49.4 Å². The number of carbonyl (C=O) groups is 1. The molecule has 0 bridgehead atoms. The van der Waals surface area contributed by atoms with Gasteiger partial charge in [-0.2, -0.15) is 0 Å². The van der Waals surface area contributed by atoms with Crippen molar-refractivity contribution in [3.05, 3.63) is 71.5 Å². The van der Waals surface area contributed by atoms with Crippen LogP contribution in [0.5, 0.6) is 5.75 Å². The number of hydrogen-bond acceptors (Lipinski definition) is 5. The summed E-state index contributed by atoms with van der Waals surface area (Å²) in [6, 6.07) is 13.6. The van der Waals surface area contributed by atoms with E-state index in [1.54, 1.807) is 0 Å². The van der Waals surface area contributed by atoms with Crippen LogP contribution in [-0.2, 0) is 12.8 Å². The van der Waals surface area contributed by atoms with E-state index in [4.69, 9.17) is 4.74 Å². The molecule has 2 N–H and O–H groups in total. The van der Waals surface area contributed by atoms with Crippen LogP contribution in [0.15, 0.2) is 54.9 Å². The fourth-order valence-corrected chi connectivity index (χ4v) is 3.03. The number of benzene rings is 2. The van der Waals surface area contributed by atoms with E-state index in [-0.39, 0.29) is 5.91 Å². The van der Waals surface area contributed by atoms with Gasteiger partial charge in [-0.25, -0.2) is 9.97 Å². The van der Waals surface area contributed by atoms with Crippen molar-refractivity contribution in [2.24, 2.45) is 0 Å². The molecule has 0 aliphatic rings. The zero-order valence-electron chi connectivity index (χ0n) is 17.0. The van der Waals surface area contributed by atoms with Gasteiger partial charge in [-0.15, -0.1) is 0 Å². The lowest BCUT2D eigenvalue weighted by molar-refractivity contribution is 0.102. The molecule has 2 aromatic carbocycles. The Balaban J connectivity index is 1.69. The molecule has 29 heavy (non-hydrogen) atoms. The topological polar surface area (TPSA) is 76.1 Å². The van der Waals surface area contributed by atoms with Crippen molar-refractivity contribution in [1.82, 2.24) is 9.97 Å². The summed E-state index contributed by atoms with van der Waals surface area (Å²) >= 11 is 0. The molecule has 0 atom stereocenters. The molecule has 0 radical (unpaired) electrons. The molecule has 1 amide bonds. The molecular formula is C23H26N4O2. The third-order valence-electron chi connectivity index (χ3n) is 4.57. The highest BCUT2D eigenvalue weighted by Gasteiger charge is 2.13. The predicted molar refractivity (Wildman–Crippen MR) is 116 cm³/mol. The minimum atomic E-state index is -0.215. The first kappa shape index (κ1) is 20.3. The van der Waals surface area contributed by atoms with Gasteiger partial charge in [-0.3, -0.25) is 4.79 Å². The number of para-hydroxylation sites is 1. The molecule has 0 spiro atoms. The molecule has 6 heteroatoms. The molecule has 0 fully saturated rings. The molecule has 1 aromatic heterocycles. The van der Waals surface area contributed by atoms with Crippen LogP contribution in [0.1, 0.15) is 42.3 Å². The van der Waals surface area contributed by atoms with E-state index < -0.39 is 0 Å². The molecule has 0 unspecified atom stereocenters. The summed E-state index contributed by atoms with van der Waals surface area (Å²) in [6.45, 7) is 6.73. The van der Waals surface area contributed by atoms with Crippen LogP contribution < -0.4 is 15.4 Å². The first-order chi connectivity index (χ1) is 14.1. The van der Waals surface area contributed by atoms with Crippen LogP contribution >= 0.6 is 0 Å². The molecule has 3 rings (SSSR count). The van der Waals surface area contributed by atoms with Crippen LogP contribution in [0.3, 0.4) is 0 Å². The second-order valence-electron chi connectivity index (χ2n) is 6.49. The second kappa shape index (κ2) is 9.68. The summed E-state index contributed by atoms with van der Waals surface area (Å²) in [7, 11) is 0. The van der Waals surface area contributed by atoms with Crippen LogP contribution in [0.2, 0.25) is 0 Å². The average Bonchev–Trinajstić information content (AvgIpc) is 2.76. The van der Waals surface area contributed by atoms with E-state index >= 15 is 0 Å². The van der Waals surface area contributed by atoms with E-state index in [0.717, 1.165) is 41.1 Å². The Bertz CT molecular complexity index is 931. The molecule has 0 saturated heterocycles. The van der Waals surface area contributed by atoms with Crippen LogP contribution in [0.4, 0.5) is 17.3 Å². The normalized spacial score (nSPS) is 10.4. The lowest BCUT2D eigenvalue weighted by atomic mass is 10.0. The summed E-state index contributed by atoms with van der Waals surface area (Å²) in [5, 5.41) is 6.15. The Kier molecular flexibility index (Phi) is 6.79.